The molecule has 4 heteroatoms. The van der Waals surface area contributed by atoms with Crippen molar-refractivity contribution in [1.29, 1.82) is 0 Å². The molecule has 2 rings (SSSR count). The summed E-state index contributed by atoms with van der Waals surface area (Å²) in [4.78, 5) is 5.44. The smallest absolute Gasteiger partial charge is 0.0946 e. The van der Waals surface area contributed by atoms with E-state index in [9.17, 15) is 4.21 Å². The van der Waals surface area contributed by atoms with Crippen molar-refractivity contribution < 1.29 is 4.21 Å². The summed E-state index contributed by atoms with van der Waals surface area (Å²) in [5.74, 6) is 0.675. The Balaban J connectivity index is 2.53. The molecule has 0 aliphatic carbocycles. The topological polar surface area (TPSA) is 29.4 Å². The third kappa shape index (κ3) is 2.73. The maximum atomic E-state index is 11.3. The first-order valence-electron chi connectivity index (χ1n) is 6.17. The molecule has 0 radical (unpaired) electrons. The molecular formula is C14H16ClNOS. The van der Waals surface area contributed by atoms with E-state index in [0.29, 0.717) is 17.1 Å². The Labute approximate surface area is 115 Å². The third-order valence-corrected chi connectivity index (χ3v) is 4.17. The Hall–Kier alpha value is -0.930. The van der Waals surface area contributed by atoms with Crippen LogP contribution < -0.4 is 10.6 Å². The van der Waals surface area contributed by atoms with Crippen LogP contribution in [0.1, 0.15) is 26.2 Å². The summed E-state index contributed by atoms with van der Waals surface area (Å²) in [7, 11) is 0. The molecule has 1 atom stereocenters. The predicted molar refractivity (Wildman–Crippen MR) is 77.8 cm³/mol. The van der Waals surface area contributed by atoms with E-state index >= 15 is 0 Å². The second-order valence-corrected chi connectivity index (χ2v) is 5.38. The zero-order valence-electron chi connectivity index (χ0n) is 10.4. The number of fused-ring (bicyclic) bond motifs is 1. The van der Waals surface area contributed by atoms with Crippen molar-refractivity contribution in [3.63, 3.8) is 0 Å². The summed E-state index contributed by atoms with van der Waals surface area (Å²) < 4.78 is 11.3. The van der Waals surface area contributed by atoms with Crippen LogP contribution in [0.15, 0.2) is 29.3 Å². The Kier molecular flexibility index (Phi) is 4.72. The molecule has 1 aromatic rings. The molecule has 2 nitrogen and oxygen atoms in total. The van der Waals surface area contributed by atoms with Crippen LogP contribution in [0.2, 0.25) is 0 Å². The van der Waals surface area contributed by atoms with E-state index in [4.69, 9.17) is 11.6 Å². The van der Waals surface area contributed by atoms with E-state index in [1.807, 2.05) is 25.1 Å². The van der Waals surface area contributed by atoms with Crippen molar-refractivity contribution in [2.24, 2.45) is 4.99 Å². The fourth-order valence-corrected chi connectivity index (χ4v) is 2.96. The zero-order valence-corrected chi connectivity index (χ0v) is 11.9. The van der Waals surface area contributed by atoms with Crippen molar-refractivity contribution >= 4 is 33.3 Å². The molecule has 0 spiro atoms. The minimum atomic E-state index is -0.0200. The lowest BCUT2D eigenvalue weighted by Crippen LogP contribution is -2.38. The largest absolute Gasteiger partial charge is 0.276 e. The van der Waals surface area contributed by atoms with Crippen LogP contribution in [-0.2, 0) is 11.3 Å². The number of hydrogen-bond donors (Lipinski definition) is 0. The highest BCUT2D eigenvalue weighted by atomic mass is 35.5. The van der Waals surface area contributed by atoms with E-state index in [1.165, 1.54) is 5.57 Å². The quantitative estimate of drug-likeness (QED) is 0.469. The maximum absolute atomic E-state index is 11.3. The molecule has 0 saturated heterocycles. The molecular weight excluding hydrogens is 266 g/mol. The van der Waals surface area contributed by atoms with Gasteiger partial charge in [0.1, 0.15) is 0 Å². The van der Waals surface area contributed by atoms with Gasteiger partial charge in [0.2, 0.25) is 0 Å². The molecule has 0 saturated carbocycles. The van der Waals surface area contributed by atoms with Gasteiger partial charge in [-0.2, -0.15) is 0 Å². The van der Waals surface area contributed by atoms with Crippen molar-refractivity contribution in [2.75, 3.05) is 5.88 Å². The number of benzene rings is 1. The van der Waals surface area contributed by atoms with E-state index in [2.05, 4.69) is 11.1 Å². The van der Waals surface area contributed by atoms with Crippen LogP contribution in [0.3, 0.4) is 0 Å². The molecule has 96 valence electrons. The van der Waals surface area contributed by atoms with Gasteiger partial charge < -0.3 is 0 Å². The van der Waals surface area contributed by atoms with Crippen molar-refractivity contribution in [2.45, 2.75) is 32.2 Å². The second kappa shape index (κ2) is 6.30. The zero-order chi connectivity index (χ0) is 13.0. The lowest BCUT2D eigenvalue weighted by Gasteiger charge is -2.17. The fraction of sp³-hybridized carbons (Fsp3) is 0.429. The van der Waals surface area contributed by atoms with Gasteiger partial charge in [0.05, 0.1) is 27.5 Å². The molecule has 1 aromatic carbocycles. The standard InChI is InChI=1S/C14H16ClNOS/c1-10-14(18-17)12(7-4-5-9-15)11-6-2-3-8-13(11)16-10/h2-3,6,8,10H,4-5,7,9H2,1H3. The SMILES string of the molecule is CC1N=c2ccccc2=C(CCCCCl)C1=S=O. The Morgan fingerprint density at radius 3 is 2.83 bits per heavy atom. The van der Waals surface area contributed by atoms with Gasteiger partial charge in [0, 0.05) is 11.1 Å². The molecule has 18 heavy (non-hydrogen) atoms. The summed E-state index contributed by atoms with van der Waals surface area (Å²) in [5.41, 5.74) is 1.17. The highest BCUT2D eigenvalue weighted by Gasteiger charge is 2.18. The van der Waals surface area contributed by atoms with E-state index in [1.54, 1.807) is 0 Å². The number of hydrogen-bond acceptors (Lipinski definition) is 2. The number of rotatable bonds is 4. The van der Waals surface area contributed by atoms with Crippen molar-refractivity contribution in [1.82, 2.24) is 0 Å². The number of halogens is 1. The minimum Gasteiger partial charge on any atom is -0.276 e. The van der Waals surface area contributed by atoms with Crippen LogP contribution >= 0.6 is 11.6 Å². The average Bonchev–Trinajstić information content (AvgIpc) is 2.38. The van der Waals surface area contributed by atoms with Crippen LogP contribution in [0, 0.1) is 0 Å². The third-order valence-electron chi connectivity index (χ3n) is 3.14. The van der Waals surface area contributed by atoms with Gasteiger partial charge in [-0.1, -0.05) is 18.2 Å². The van der Waals surface area contributed by atoms with E-state index in [0.717, 1.165) is 34.7 Å². The molecule has 1 heterocycles. The molecule has 1 aliphatic rings. The summed E-state index contributed by atoms with van der Waals surface area (Å²) in [6, 6.07) is 8.03. The first-order chi connectivity index (χ1) is 8.77. The van der Waals surface area contributed by atoms with Gasteiger partial charge in [0.15, 0.2) is 0 Å². The van der Waals surface area contributed by atoms with Crippen LogP contribution in [-0.4, -0.2) is 21.0 Å². The summed E-state index contributed by atoms with van der Waals surface area (Å²) in [6.07, 6.45) is 2.91. The van der Waals surface area contributed by atoms with Gasteiger partial charge in [-0.15, -0.1) is 11.6 Å². The summed E-state index contributed by atoms with van der Waals surface area (Å²) in [6.45, 7) is 1.98. The molecule has 1 aliphatic heterocycles. The Morgan fingerprint density at radius 2 is 2.11 bits per heavy atom. The Morgan fingerprint density at radius 1 is 1.33 bits per heavy atom. The van der Waals surface area contributed by atoms with Gasteiger partial charge in [-0.05, 0) is 37.8 Å². The van der Waals surface area contributed by atoms with Crippen LogP contribution in [0.4, 0.5) is 0 Å². The number of unbranched alkanes of at least 4 members (excludes halogenated alkanes) is 1. The Bertz CT molecular complexity index is 604. The van der Waals surface area contributed by atoms with Crippen LogP contribution in [0.25, 0.3) is 5.57 Å². The summed E-state index contributed by atoms with van der Waals surface area (Å²) >= 11 is 6.30. The predicted octanol–water partition coefficient (Wildman–Crippen LogP) is 1.65. The number of para-hydroxylation sites is 1. The van der Waals surface area contributed by atoms with E-state index < -0.39 is 0 Å². The lowest BCUT2D eigenvalue weighted by molar-refractivity contribution is 0.700. The minimum absolute atomic E-state index is 0.0200. The molecule has 0 N–H and O–H groups in total. The van der Waals surface area contributed by atoms with E-state index in [-0.39, 0.29) is 6.04 Å². The number of alkyl halides is 1. The van der Waals surface area contributed by atoms with Crippen molar-refractivity contribution in [3.8, 4) is 0 Å². The molecule has 0 amide bonds. The highest BCUT2D eigenvalue weighted by molar-refractivity contribution is 7.67. The first-order valence-corrected chi connectivity index (χ1v) is 7.44. The fourth-order valence-electron chi connectivity index (χ4n) is 2.27. The van der Waals surface area contributed by atoms with Crippen LogP contribution in [0.5, 0.6) is 0 Å². The lowest BCUT2D eigenvalue weighted by atomic mass is 9.96. The highest BCUT2D eigenvalue weighted by Crippen LogP contribution is 2.14. The maximum Gasteiger partial charge on any atom is 0.0946 e. The van der Waals surface area contributed by atoms with Gasteiger partial charge >= 0.3 is 0 Å². The average molecular weight is 282 g/mol. The molecule has 0 aromatic heterocycles. The normalized spacial score (nSPS) is 18.2. The molecule has 0 bridgehead atoms. The summed E-state index contributed by atoms with van der Waals surface area (Å²) in [5, 5.41) is 2.12. The monoisotopic (exact) mass is 281 g/mol. The van der Waals surface area contributed by atoms with Gasteiger partial charge in [-0.3, -0.25) is 4.99 Å². The molecule has 1 unspecified atom stereocenters. The second-order valence-electron chi connectivity index (χ2n) is 4.39. The van der Waals surface area contributed by atoms with Crippen molar-refractivity contribution in [3.05, 3.63) is 34.8 Å². The number of nitrogens with zero attached hydrogens (tertiary/aromatic N) is 1. The van der Waals surface area contributed by atoms with Gasteiger partial charge in [-0.25, -0.2) is 4.21 Å². The van der Waals surface area contributed by atoms with Gasteiger partial charge in [0.25, 0.3) is 0 Å². The molecule has 0 fully saturated rings. The first kappa shape index (κ1) is 13.5.